The number of aliphatic hydroxyl groups excluding tert-OH is 2. The van der Waals surface area contributed by atoms with Crippen LogP contribution in [-0.2, 0) is 9.47 Å². The molecular weight excluding hydrogens is 298 g/mol. The molecule has 1 aliphatic carbocycles. The molecule has 134 valence electrons. The summed E-state index contributed by atoms with van der Waals surface area (Å²) in [6, 6.07) is 0. The molecule has 0 aromatic rings. The van der Waals surface area contributed by atoms with Gasteiger partial charge in [-0.1, -0.05) is 6.08 Å². The minimum absolute atomic E-state index is 0.193. The van der Waals surface area contributed by atoms with E-state index in [1.54, 1.807) is 12.2 Å². The van der Waals surface area contributed by atoms with Gasteiger partial charge in [0.25, 0.3) is 0 Å². The highest BCUT2D eigenvalue weighted by Gasteiger charge is 2.32. The van der Waals surface area contributed by atoms with Crippen LogP contribution in [0.4, 0.5) is 4.79 Å². The average molecular weight is 329 g/mol. The van der Waals surface area contributed by atoms with Crippen molar-refractivity contribution in [2.24, 2.45) is 0 Å². The van der Waals surface area contributed by atoms with Gasteiger partial charge >= 0.3 is 6.09 Å². The van der Waals surface area contributed by atoms with Crippen molar-refractivity contribution < 1.29 is 24.5 Å². The maximum atomic E-state index is 11.9. The molecule has 6 nitrogen and oxygen atoms in total. The number of carbonyl (C=O) groups is 1. The normalized spacial score (nSPS) is 31.0. The Balaban J connectivity index is 2.81. The fraction of sp³-hybridized carbons (Fsp3) is 0.824. The second-order valence-corrected chi connectivity index (χ2v) is 8.08. The first-order valence-electron chi connectivity index (χ1n) is 8.07. The molecule has 1 amide bonds. The van der Waals surface area contributed by atoms with Gasteiger partial charge in [0.2, 0.25) is 0 Å². The summed E-state index contributed by atoms with van der Waals surface area (Å²) in [5.74, 6) is 0. The number of amides is 1. The van der Waals surface area contributed by atoms with E-state index in [-0.39, 0.29) is 6.42 Å². The molecule has 1 aliphatic rings. The third-order valence-corrected chi connectivity index (χ3v) is 3.17. The highest BCUT2D eigenvalue weighted by atomic mass is 16.6. The Morgan fingerprint density at radius 1 is 1.09 bits per heavy atom. The lowest BCUT2D eigenvalue weighted by molar-refractivity contribution is -0.129. The van der Waals surface area contributed by atoms with E-state index >= 15 is 0 Å². The molecule has 0 aliphatic heterocycles. The molecule has 0 radical (unpaired) electrons. The van der Waals surface area contributed by atoms with Gasteiger partial charge in [0.15, 0.2) is 0 Å². The molecule has 0 saturated heterocycles. The van der Waals surface area contributed by atoms with E-state index in [1.807, 2.05) is 41.5 Å². The lowest BCUT2D eigenvalue weighted by Crippen LogP contribution is -2.44. The van der Waals surface area contributed by atoms with Crippen molar-refractivity contribution in [1.29, 1.82) is 0 Å². The van der Waals surface area contributed by atoms with E-state index in [0.717, 1.165) is 0 Å². The van der Waals surface area contributed by atoms with Gasteiger partial charge in [-0.2, -0.15) is 0 Å². The van der Waals surface area contributed by atoms with Gasteiger partial charge in [-0.05, 0) is 47.6 Å². The molecule has 0 fully saturated rings. The largest absolute Gasteiger partial charge is 0.442 e. The zero-order valence-corrected chi connectivity index (χ0v) is 15.0. The number of aliphatic hydroxyl groups is 2. The molecule has 0 aromatic carbocycles. The van der Waals surface area contributed by atoms with Crippen molar-refractivity contribution in [3.05, 3.63) is 12.2 Å². The molecule has 0 bridgehead atoms. The van der Waals surface area contributed by atoms with Crippen LogP contribution in [0.5, 0.6) is 0 Å². The topological polar surface area (TPSA) is 88.0 Å². The number of ether oxygens (including phenoxy) is 2. The van der Waals surface area contributed by atoms with Gasteiger partial charge in [-0.15, -0.1) is 0 Å². The monoisotopic (exact) mass is 329 g/mol. The van der Waals surface area contributed by atoms with Crippen LogP contribution in [0.15, 0.2) is 12.2 Å². The van der Waals surface area contributed by atoms with Crippen LogP contribution < -0.4 is 5.32 Å². The molecule has 3 N–H and O–H groups in total. The maximum Gasteiger partial charge on any atom is 0.408 e. The van der Waals surface area contributed by atoms with Crippen LogP contribution in [0.3, 0.4) is 0 Å². The van der Waals surface area contributed by atoms with Crippen molar-refractivity contribution in [3.8, 4) is 0 Å². The molecule has 0 heterocycles. The summed E-state index contributed by atoms with van der Waals surface area (Å²) in [5.41, 5.74) is -0.847. The maximum absolute atomic E-state index is 11.9. The Bertz CT molecular complexity index is 422. The summed E-state index contributed by atoms with van der Waals surface area (Å²) < 4.78 is 11.3. The van der Waals surface area contributed by atoms with Crippen LogP contribution in [0.25, 0.3) is 0 Å². The first-order chi connectivity index (χ1) is 10.4. The molecule has 0 saturated carbocycles. The van der Waals surface area contributed by atoms with E-state index in [4.69, 9.17) is 9.47 Å². The number of nitrogens with one attached hydrogen (secondary N) is 1. The number of alkyl carbamates (subject to hydrolysis) is 1. The van der Waals surface area contributed by atoms with Gasteiger partial charge in [-0.3, -0.25) is 0 Å². The predicted molar refractivity (Wildman–Crippen MR) is 88.2 cm³/mol. The summed E-state index contributed by atoms with van der Waals surface area (Å²) in [6.45, 7) is 11.3. The molecule has 4 atom stereocenters. The second kappa shape index (κ2) is 7.64. The first-order valence-corrected chi connectivity index (χ1v) is 8.07. The van der Waals surface area contributed by atoms with E-state index in [1.165, 1.54) is 0 Å². The van der Waals surface area contributed by atoms with Gasteiger partial charge in [-0.25, -0.2) is 4.79 Å². The minimum atomic E-state index is -0.828. The fourth-order valence-corrected chi connectivity index (χ4v) is 2.34. The smallest absolute Gasteiger partial charge is 0.408 e. The molecule has 6 heteroatoms. The summed E-state index contributed by atoms with van der Waals surface area (Å²) in [6.07, 6.45) is 0.461. The number of rotatable bonds is 2. The predicted octanol–water partition coefficient (Wildman–Crippen LogP) is 2.14. The Hall–Kier alpha value is -1.11. The first kappa shape index (κ1) is 19.9. The lowest BCUT2D eigenvalue weighted by Gasteiger charge is -2.34. The highest BCUT2D eigenvalue weighted by Crippen LogP contribution is 2.23. The molecule has 1 rings (SSSR count). The van der Waals surface area contributed by atoms with Crippen molar-refractivity contribution in [3.63, 3.8) is 0 Å². The minimum Gasteiger partial charge on any atom is -0.442 e. The standard InChI is InChI=1S/C17H31NO5/c1-16(2,3)18-15(21)22-12-8-7-11(19)9-13(20)14(10-12)23-17(4,5)6/h7-8,11-14,19-20H,9-10H2,1-6H3,(H,18,21)/b8-7+. The Morgan fingerprint density at radius 2 is 1.70 bits per heavy atom. The average Bonchev–Trinajstić information content (AvgIpc) is 2.29. The second-order valence-electron chi connectivity index (χ2n) is 8.08. The zero-order valence-electron chi connectivity index (χ0n) is 15.0. The summed E-state index contributed by atoms with van der Waals surface area (Å²) in [7, 11) is 0. The summed E-state index contributed by atoms with van der Waals surface area (Å²) in [4.78, 5) is 11.9. The van der Waals surface area contributed by atoms with E-state index < -0.39 is 41.6 Å². The number of hydrogen-bond donors (Lipinski definition) is 3. The van der Waals surface area contributed by atoms with Gasteiger partial charge < -0.3 is 25.0 Å². The fourth-order valence-electron chi connectivity index (χ4n) is 2.34. The Morgan fingerprint density at radius 3 is 2.22 bits per heavy atom. The molecule has 23 heavy (non-hydrogen) atoms. The molecule has 4 unspecified atom stereocenters. The highest BCUT2D eigenvalue weighted by molar-refractivity contribution is 5.68. The van der Waals surface area contributed by atoms with Crippen LogP contribution in [0, 0.1) is 0 Å². The van der Waals surface area contributed by atoms with Gasteiger partial charge in [0.05, 0.1) is 23.9 Å². The van der Waals surface area contributed by atoms with E-state index in [9.17, 15) is 15.0 Å². The molecular formula is C17H31NO5. The van der Waals surface area contributed by atoms with Gasteiger partial charge in [0, 0.05) is 18.4 Å². The zero-order chi connectivity index (χ0) is 17.8. The van der Waals surface area contributed by atoms with Crippen molar-refractivity contribution in [2.75, 3.05) is 0 Å². The summed E-state index contributed by atoms with van der Waals surface area (Å²) in [5, 5.41) is 22.9. The van der Waals surface area contributed by atoms with Crippen molar-refractivity contribution >= 4 is 6.09 Å². The number of hydrogen-bond acceptors (Lipinski definition) is 5. The van der Waals surface area contributed by atoms with Crippen LogP contribution in [0.2, 0.25) is 0 Å². The molecule has 0 spiro atoms. The molecule has 0 aromatic heterocycles. The SMILES string of the molecule is CC(C)(C)NC(=O)OC1/C=C/C(O)CC(O)C(OC(C)(C)C)C1. The Kier molecular flexibility index (Phi) is 6.62. The number of carbonyl (C=O) groups excluding carboxylic acids is 1. The third-order valence-electron chi connectivity index (χ3n) is 3.17. The van der Waals surface area contributed by atoms with Gasteiger partial charge in [0.1, 0.15) is 6.10 Å². The van der Waals surface area contributed by atoms with E-state index in [2.05, 4.69) is 5.32 Å². The Labute approximate surface area is 138 Å². The summed E-state index contributed by atoms with van der Waals surface area (Å²) >= 11 is 0. The van der Waals surface area contributed by atoms with Crippen LogP contribution in [0.1, 0.15) is 54.4 Å². The van der Waals surface area contributed by atoms with Crippen molar-refractivity contribution in [2.45, 2.75) is 89.9 Å². The van der Waals surface area contributed by atoms with Crippen LogP contribution in [-0.4, -0.2) is 51.9 Å². The lowest BCUT2D eigenvalue weighted by atomic mass is 9.96. The van der Waals surface area contributed by atoms with E-state index in [0.29, 0.717) is 6.42 Å². The van der Waals surface area contributed by atoms with Crippen molar-refractivity contribution in [1.82, 2.24) is 5.32 Å². The quantitative estimate of drug-likeness (QED) is 0.676. The third kappa shape index (κ3) is 8.34. The van der Waals surface area contributed by atoms with Crippen LogP contribution >= 0.6 is 0 Å².